The monoisotopic (exact) mass is 421 g/mol. The summed E-state index contributed by atoms with van der Waals surface area (Å²) in [5, 5.41) is 11.2. The van der Waals surface area contributed by atoms with Gasteiger partial charge in [0.05, 0.1) is 5.75 Å². The molecule has 1 atom stereocenters. The third-order valence-corrected chi connectivity index (χ3v) is 7.41. The van der Waals surface area contributed by atoms with Gasteiger partial charge in [0.15, 0.2) is 0 Å². The fourth-order valence-corrected chi connectivity index (χ4v) is 4.92. The highest BCUT2D eigenvalue weighted by atomic mass is 79.9. The summed E-state index contributed by atoms with van der Waals surface area (Å²) in [5.41, 5.74) is -1.36. The number of aliphatic imine (C=N–C) groups is 1. The second kappa shape index (κ2) is 5.87. The third kappa shape index (κ3) is 3.10. The van der Waals surface area contributed by atoms with E-state index in [1.807, 2.05) is 0 Å². The predicted molar refractivity (Wildman–Crippen MR) is 97.1 cm³/mol. The van der Waals surface area contributed by atoms with E-state index in [1.165, 1.54) is 18.4 Å². The van der Waals surface area contributed by atoms with Crippen LogP contribution in [-0.4, -0.2) is 41.2 Å². The van der Waals surface area contributed by atoms with Crippen LogP contribution in [-0.2, 0) is 12.6 Å². The van der Waals surface area contributed by atoms with E-state index in [9.17, 15) is 18.7 Å². The summed E-state index contributed by atoms with van der Waals surface area (Å²) < 4.78 is 21.9. The highest BCUT2D eigenvalue weighted by Gasteiger charge is 2.50. The molecule has 24 heavy (non-hydrogen) atoms. The molecule has 0 radical (unpaired) electrons. The summed E-state index contributed by atoms with van der Waals surface area (Å²) in [6.45, 7) is 4.61. The van der Waals surface area contributed by atoms with Crippen molar-refractivity contribution in [1.29, 1.82) is 0 Å². The number of aryl methyl sites for hydroxylation is 1. The lowest BCUT2D eigenvalue weighted by Gasteiger charge is -2.53. The van der Waals surface area contributed by atoms with Gasteiger partial charge in [-0.15, -0.1) is 0 Å². The molecule has 2 heterocycles. The Kier molecular flexibility index (Phi) is 4.64. The molecule has 1 amide bonds. The van der Waals surface area contributed by atoms with Crippen LogP contribution in [0.3, 0.4) is 0 Å². The van der Waals surface area contributed by atoms with Gasteiger partial charge in [-0.25, -0.2) is 4.79 Å². The number of rotatable bonds is 1. The first-order valence-corrected chi connectivity index (χ1v) is 9.53. The van der Waals surface area contributed by atoms with Gasteiger partial charge in [-0.1, -0.05) is 0 Å². The Hall–Kier alpha value is -1.36. The Bertz CT molecular complexity index is 789. The van der Waals surface area contributed by atoms with Gasteiger partial charge in [0.25, 0.3) is 5.56 Å². The maximum Gasteiger partial charge on any atom is 0.410 e. The molecule has 4 N–H and O–H groups in total. The van der Waals surface area contributed by atoms with Crippen LogP contribution < -0.4 is 10.9 Å². The lowest BCUT2D eigenvalue weighted by atomic mass is 9.95. The van der Waals surface area contributed by atoms with Crippen molar-refractivity contribution >= 4 is 38.4 Å². The average molecular weight is 422 g/mol. The van der Waals surface area contributed by atoms with E-state index < -0.39 is 27.0 Å². The maximum absolute atomic E-state index is 12.5. The number of pyridine rings is 1. The summed E-state index contributed by atoms with van der Waals surface area (Å²) in [6.07, 6.45) is 0.225. The summed E-state index contributed by atoms with van der Waals surface area (Å²) in [5.74, 6) is -0.255. The maximum atomic E-state index is 12.5. The molecule has 10 heteroatoms. The summed E-state index contributed by atoms with van der Waals surface area (Å²) in [4.78, 5) is 28.0. The lowest BCUT2D eigenvalue weighted by Crippen LogP contribution is -2.55. The van der Waals surface area contributed by atoms with Crippen molar-refractivity contribution in [1.82, 2.24) is 9.88 Å². The van der Waals surface area contributed by atoms with Crippen LogP contribution in [0, 0.1) is 0 Å². The number of aromatic nitrogens is 1. The molecule has 1 aromatic heterocycles. The van der Waals surface area contributed by atoms with E-state index in [0.717, 1.165) is 0 Å². The topological polar surface area (TPSA) is 124 Å². The van der Waals surface area contributed by atoms with E-state index in [-0.39, 0.29) is 22.7 Å². The summed E-state index contributed by atoms with van der Waals surface area (Å²) in [7, 11) is -1.70. The molecule has 0 aromatic carbocycles. The number of halogens is 1. The minimum atomic E-state index is -3.27. The zero-order chi connectivity index (χ0) is 18.5. The highest BCUT2D eigenvalue weighted by molar-refractivity contribution is 9.10. The highest BCUT2D eigenvalue weighted by Crippen LogP contribution is 2.59. The molecule has 0 spiro atoms. The Morgan fingerprint density at radius 1 is 1.42 bits per heavy atom. The average Bonchev–Trinajstić information content (AvgIpc) is 2.39. The fourth-order valence-electron chi connectivity index (χ4n) is 2.61. The van der Waals surface area contributed by atoms with Crippen LogP contribution in [0.4, 0.5) is 4.79 Å². The molecule has 2 rings (SSSR count). The first kappa shape index (κ1) is 19.0. The van der Waals surface area contributed by atoms with Crippen molar-refractivity contribution in [3.8, 4) is 0 Å². The Labute approximate surface area is 149 Å². The number of amides is 1. The molecule has 1 unspecified atom stereocenters. The number of nitrogens with one attached hydrogen (secondary N) is 1. The van der Waals surface area contributed by atoms with Gasteiger partial charge in [-0.2, -0.15) is 10.6 Å². The number of nitrogens with zero attached hydrogens (tertiary/aromatic N) is 2. The van der Waals surface area contributed by atoms with E-state index in [1.54, 1.807) is 26.2 Å². The van der Waals surface area contributed by atoms with Crippen molar-refractivity contribution < 1.29 is 19.0 Å². The Balaban J connectivity index is 2.73. The second-order valence-electron chi connectivity index (χ2n) is 6.47. The van der Waals surface area contributed by atoms with Gasteiger partial charge in [-0.05, 0) is 42.8 Å². The first-order valence-electron chi connectivity index (χ1n) is 7.02. The molecule has 0 bridgehead atoms. The largest absolute Gasteiger partial charge is 0.465 e. The van der Waals surface area contributed by atoms with E-state index in [4.69, 9.17) is 5.11 Å². The number of carboxylic acid groups (broad SMARTS) is 1. The quantitative estimate of drug-likeness (QED) is 0.554. The SMILES string of the molecule is Cn1cc(Br)cc(C2(C)CS(O)(O)C(C)(C)C(NC(=O)O)=N2)c1=O. The van der Waals surface area contributed by atoms with Gasteiger partial charge in [0, 0.05) is 23.3 Å². The molecule has 8 nitrogen and oxygen atoms in total. The van der Waals surface area contributed by atoms with Gasteiger partial charge in [0.2, 0.25) is 0 Å². The molecule has 0 fully saturated rings. The van der Waals surface area contributed by atoms with Gasteiger partial charge in [0.1, 0.15) is 16.1 Å². The minimum Gasteiger partial charge on any atom is -0.465 e. The summed E-state index contributed by atoms with van der Waals surface area (Å²) >= 11 is 3.31. The Morgan fingerprint density at radius 3 is 2.54 bits per heavy atom. The molecule has 1 aliphatic rings. The van der Waals surface area contributed by atoms with Crippen molar-refractivity contribution in [2.24, 2.45) is 12.0 Å². The second-order valence-corrected chi connectivity index (χ2v) is 10.0. The normalized spacial score (nSPS) is 26.4. The van der Waals surface area contributed by atoms with Crippen LogP contribution in [0.2, 0.25) is 0 Å². The van der Waals surface area contributed by atoms with Crippen LogP contribution in [0.5, 0.6) is 0 Å². The molecule has 0 aliphatic carbocycles. The molecular weight excluding hydrogens is 402 g/mol. The number of amidine groups is 1. The lowest BCUT2D eigenvalue weighted by molar-refractivity contribution is 0.199. The van der Waals surface area contributed by atoms with E-state index in [2.05, 4.69) is 26.2 Å². The van der Waals surface area contributed by atoms with Gasteiger partial charge < -0.3 is 9.67 Å². The zero-order valence-electron chi connectivity index (χ0n) is 13.7. The van der Waals surface area contributed by atoms with Crippen molar-refractivity contribution in [2.75, 3.05) is 5.75 Å². The first-order chi connectivity index (χ1) is 10.8. The zero-order valence-corrected chi connectivity index (χ0v) is 16.1. The Morgan fingerprint density at radius 2 is 2.00 bits per heavy atom. The van der Waals surface area contributed by atoms with E-state index >= 15 is 0 Å². The summed E-state index contributed by atoms with van der Waals surface area (Å²) in [6, 6.07) is 1.57. The molecular formula is C14H20BrN3O5S. The predicted octanol–water partition coefficient (Wildman–Crippen LogP) is 2.57. The molecule has 0 saturated carbocycles. The number of hydrogen-bond acceptors (Lipinski definition) is 5. The number of hydrogen-bond donors (Lipinski definition) is 4. The van der Waals surface area contributed by atoms with Crippen LogP contribution in [0.25, 0.3) is 0 Å². The fraction of sp³-hybridized carbons (Fsp3) is 0.500. The van der Waals surface area contributed by atoms with Crippen molar-refractivity contribution in [2.45, 2.75) is 31.1 Å². The molecule has 1 aliphatic heterocycles. The van der Waals surface area contributed by atoms with Gasteiger partial charge >= 0.3 is 6.09 Å². The molecule has 0 saturated heterocycles. The van der Waals surface area contributed by atoms with Crippen LogP contribution in [0.1, 0.15) is 26.3 Å². The van der Waals surface area contributed by atoms with Crippen LogP contribution in [0.15, 0.2) is 26.5 Å². The van der Waals surface area contributed by atoms with Crippen molar-refractivity contribution in [3.63, 3.8) is 0 Å². The third-order valence-electron chi connectivity index (χ3n) is 4.18. The van der Waals surface area contributed by atoms with E-state index in [0.29, 0.717) is 4.47 Å². The smallest absolute Gasteiger partial charge is 0.410 e. The van der Waals surface area contributed by atoms with Crippen LogP contribution >= 0.6 is 26.5 Å². The minimum absolute atomic E-state index is 0.0780. The molecule has 1 aromatic rings. The van der Waals surface area contributed by atoms with Gasteiger partial charge in [-0.3, -0.25) is 24.2 Å². The standard InChI is InChI=1S/C14H20BrN3O5S/c1-13(2)11(16-12(20)21)17-14(3,7-24(13,22)23)9-5-8(15)6-18(4)10(9)19/h5-6,22-23H,7H2,1-4H3,(H,16,17)(H,20,21). The van der Waals surface area contributed by atoms with Crippen molar-refractivity contribution in [3.05, 3.63) is 32.7 Å². The molecule has 134 valence electrons. The number of carbonyl (C=O) groups is 1.